The first-order chi connectivity index (χ1) is 15.6. The van der Waals surface area contributed by atoms with E-state index < -0.39 is 11.8 Å². The zero-order valence-corrected chi connectivity index (χ0v) is 16.8. The average molecular weight is 423 g/mol. The second-order valence-corrected chi connectivity index (χ2v) is 7.25. The maximum absolute atomic E-state index is 12.8. The number of benzene rings is 2. The Morgan fingerprint density at radius 1 is 0.938 bits per heavy atom. The molecule has 0 bridgehead atoms. The van der Waals surface area contributed by atoms with Gasteiger partial charge in [0.25, 0.3) is 17.7 Å². The fourth-order valence-electron chi connectivity index (χ4n) is 3.59. The number of aromatic nitrogens is 3. The summed E-state index contributed by atoms with van der Waals surface area (Å²) < 4.78 is 1.77. The molecule has 0 saturated heterocycles. The molecule has 2 aromatic carbocycles. The predicted molar refractivity (Wildman–Crippen MR) is 116 cm³/mol. The normalized spacial score (nSPS) is 12.4. The van der Waals surface area contributed by atoms with Gasteiger partial charge in [-0.25, -0.2) is 4.68 Å². The van der Waals surface area contributed by atoms with Crippen molar-refractivity contribution in [1.29, 1.82) is 0 Å². The van der Waals surface area contributed by atoms with Gasteiger partial charge in [0.15, 0.2) is 0 Å². The molecule has 3 heterocycles. The van der Waals surface area contributed by atoms with Gasteiger partial charge in [-0.1, -0.05) is 18.2 Å². The van der Waals surface area contributed by atoms with Crippen LogP contribution in [0.4, 0.5) is 0 Å². The number of carbonyl (C=O) groups excluding carboxylic acids is 3. The van der Waals surface area contributed by atoms with E-state index in [1.807, 2.05) is 48.7 Å². The highest BCUT2D eigenvalue weighted by molar-refractivity contribution is 6.22. The van der Waals surface area contributed by atoms with Crippen LogP contribution in [-0.4, -0.2) is 32.5 Å². The van der Waals surface area contributed by atoms with Gasteiger partial charge in [0.2, 0.25) is 0 Å². The lowest BCUT2D eigenvalue weighted by molar-refractivity contribution is 0.0878. The summed E-state index contributed by atoms with van der Waals surface area (Å²) in [5.41, 5.74) is 4.11. The van der Waals surface area contributed by atoms with E-state index in [0.29, 0.717) is 5.56 Å². The highest BCUT2D eigenvalue weighted by atomic mass is 16.2. The van der Waals surface area contributed by atoms with E-state index in [0.717, 1.165) is 22.5 Å². The molecule has 0 saturated carbocycles. The lowest BCUT2D eigenvalue weighted by Gasteiger charge is -2.06. The third-order valence-electron chi connectivity index (χ3n) is 5.20. The molecular weight excluding hydrogens is 406 g/mol. The molecule has 1 aliphatic heterocycles. The van der Waals surface area contributed by atoms with Crippen LogP contribution in [-0.2, 0) is 6.54 Å². The third-order valence-corrected chi connectivity index (χ3v) is 5.20. The van der Waals surface area contributed by atoms with Gasteiger partial charge >= 0.3 is 0 Å². The summed E-state index contributed by atoms with van der Waals surface area (Å²) in [6, 6.07) is 17.9. The summed E-state index contributed by atoms with van der Waals surface area (Å²) in [7, 11) is 0. The highest BCUT2D eigenvalue weighted by Gasteiger charge is 2.27. The molecule has 5 rings (SSSR count). The molecule has 0 atom stereocenters. The standard InChI is InChI=1S/C24H17N5O3/c30-22(16-6-7-19-20(12-16)24(32)27-23(19)31)26-13-17-14-29(18-4-2-1-3-5-18)28-21(17)15-8-10-25-11-9-15/h1-12,14H,13H2,(H,26,30)(H,27,31,32). The van der Waals surface area contributed by atoms with Gasteiger partial charge in [0.05, 0.1) is 22.5 Å². The van der Waals surface area contributed by atoms with E-state index in [1.54, 1.807) is 17.1 Å². The summed E-state index contributed by atoms with van der Waals surface area (Å²) in [5, 5.41) is 9.82. The Labute approximate surface area is 182 Å². The molecule has 2 aromatic heterocycles. The number of hydrogen-bond acceptors (Lipinski definition) is 5. The van der Waals surface area contributed by atoms with E-state index >= 15 is 0 Å². The van der Waals surface area contributed by atoms with Gasteiger partial charge in [-0.2, -0.15) is 5.10 Å². The van der Waals surface area contributed by atoms with Crippen molar-refractivity contribution in [3.63, 3.8) is 0 Å². The minimum Gasteiger partial charge on any atom is -0.348 e. The Bertz CT molecular complexity index is 1350. The van der Waals surface area contributed by atoms with Crippen LogP contribution in [0.15, 0.2) is 79.3 Å². The van der Waals surface area contributed by atoms with Crippen molar-refractivity contribution in [1.82, 2.24) is 25.4 Å². The first kappa shape index (κ1) is 19.4. The molecule has 2 N–H and O–H groups in total. The number of rotatable bonds is 5. The van der Waals surface area contributed by atoms with Crippen LogP contribution in [0.5, 0.6) is 0 Å². The van der Waals surface area contributed by atoms with E-state index in [1.165, 1.54) is 18.2 Å². The first-order valence-electron chi connectivity index (χ1n) is 9.92. The second kappa shape index (κ2) is 7.92. The van der Waals surface area contributed by atoms with Gasteiger partial charge < -0.3 is 5.32 Å². The Hall–Kier alpha value is -4.59. The SMILES string of the molecule is O=C(NCc1cn(-c2ccccc2)nc1-c1ccncc1)c1ccc2c(c1)C(=O)NC2=O. The van der Waals surface area contributed by atoms with Gasteiger partial charge in [-0.05, 0) is 42.5 Å². The maximum atomic E-state index is 12.8. The largest absolute Gasteiger partial charge is 0.348 e. The molecule has 8 nitrogen and oxygen atoms in total. The average Bonchev–Trinajstić information content (AvgIpc) is 3.39. The zero-order chi connectivity index (χ0) is 22.1. The van der Waals surface area contributed by atoms with Crippen molar-refractivity contribution in [3.05, 3.63) is 102 Å². The minimum atomic E-state index is -0.497. The number of pyridine rings is 1. The van der Waals surface area contributed by atoms with Gasteiger partial charge in [-0.3, -0.25) is 24.7 Å². The number of para-hydroxylation sites is 1. The molecule has 0 unspecified atom stereocenters. The molecule has 0 radical (unpaired) electrons. The number of hydrogen-bond donors (Lipinski definition) is 2. The van der Waals surface area contributed by atoms with Crippen LogP contribution in [0.2, 0.25) is 0 Å². The summed E-state index contributed by atoms with van der Waals surface area (Å²) in [6.45, 7) is 0.228. The van der Waals surface area contributed by atoms with Gasteiger partial charge in [0.1, 0.15) is 0 Å². The number of nitrogens with one attached hydrogen (secondary N) is 2. The Kier molecular flexibility index (Phi) is 4.79. The first-order valence-corrected chi connectivity index (χ1v) is 9.92. The monoisotopic (exact) mass is 423 g/mol. The number of fused-ring (bicyclic) bond motifs is 1. The molecule has 156 valence electrons. The summed E-state index contributed by atoms with van der Waals surface area (Å²) >= 11 is 0. The molecule has 0 aliphatic carbocycles. The lowest BCUT2D eigenvalue weighted by atomic mass is 10.0. The number of carbonyl (C=O) groups is 3. The number of imide groups is 1. The molecule has 0 spiro atoms. The topological polar surface area (TPSA) is 106 Å². The predicted octanol–water partition coefficient (Wildman–Crippen LogP) is 2.75. The van der Waals surface area contributed by atoms with Crippen molar-refractivity contribution in [2.75, 3.05) is 0 Å². The van der Waals surface area contributed by atoms with Crippen molar-refractivity contribution in [3.8, 4) is 16.9 Å². The Morgan fingerprint density at radius 3 is 2.47 bits per heavy atom. The van der Waals surface area contributed by atoms with E-state index in [2.05, 4.69) is 15.6 Å². The molecule has 0 fully saturated rings. The van der Waals surface area contributed by atoms with Crippen molar-refractivity contribution >= 4 is 17.7 Å². The van der Waals surface area contributed by atoms with Crippen LogP contribution in [0.3, 0.4) is 0 Å². The maximum Gasteiger partial charge on any atom is 0.258 e. The summed E-state index contributed by atoms with van der Waals surface area (Å²) in [4.78, 5) is 40.4. The fourth-order valence-corrected chi connectivity index (χ4v) is 3.59. The molecule has 4 aromatic rings. The molecule has 3 amide bonds. The van der Waals surface area contributed by atoms with E-state index in [9.17, 15) is 14.4 Å². The van der Waals surface area contributed by atoms with Crippen LogP contribution in [0, 0.1) is 0 Å². The minimum absolute atomic E-state index is 0.206. The lowest BCUT2D eigenvalue weighted by Crippen LogP contribution is -2.23. The Morgan fingerprint density at radius 2 is 1.69 bits per heavy atom. The fraction of sp³-hybridized carbons (Fsp3) is 0.0417. The van der Waals surface area contributed by atoms with E-state index in [-0.39, 0.29) is 23.6 Å². The second-order valence-electron chi connectivity index (χ2n) is 7.25. The highest BCUT2D eigenvalue weighted by Crippen LogP contribution is 2.23. The molecule has 1 aliphatic rings. The van der Waals surface area contributed by atoms with Crippen molar-refractivity contribution in [2.45, 2.75) is 6.54 Å². The van der Waals surface area contributed by atoms with Crippen LogP contribution >= 0.6 is 0 Å². The van der Waals surface area contributed by atoms with Gasteiger partial charge in [-0.15, -0.1) is 0 Å². The van der Waals surface area contributed by atoms with Crippen LogP contribution in [0.25, 0.3) is 16.9 Å². The van der Waals surface area contributed by atoms with E-state index in [4.69, 9.17) is 5.10 Å². The zero-order valence-electron chi connectivity index (χ0n) is 16.8. The summed E-state index contributed by atoms with van der Waals surface area (Å²) in [6.07, 6.45) is 5.26. The number of nitrogens with zero attached hydrogens (tertiary/aromatic N) is 3. The van der Waals surface area contributed by atoms with Crippen molar-refractivity contribution in [2.24, 2.45) is 0 Å². The van der Waals surface area contributed by atoms with Crippen LogP contribution < -0.4 is 10.6 Å². The third kappa shape index (κ3) is 3.54. The smallest absolute Gasteiger partial charge is 0.258 e. The molecular formula is C24H17N5O3. The molecule has 8 heteroatoms. The number of amides is 3. The molecule has 32 heavy (non-hydrogen) atoms. The quantitative estimate of drug-likeness (QED) is 0.480. The van der Waals surface area contributed by atoms with Crippen LogP contribution in [0.1, 0.15) is 36.6 Å². The Balaban J connectivity index is 1.42. The van der Waals surface area contributed by atoms with Crippen molar-refractivity contribution < 1.29 is 14.4 Å². The van der Waals surface area contributed by atoms with Gasteiger partial charge in [0, 0.05) is 41.8 Å². The summed E-state index contributed by atoms with van der Waals surface area (Å²) in [5.74, 6) is -1.30.